The van der Waals surface area contributed by atoms with Gasteiger partial charge in [0, 0.05) is 5.69 Å². The zero-order chi connectivity index (χ0) is 13.7. The molecule has 0 unspecified atom stereocenters. The second kappa shape index (κ2) is 6.60. The average Bonchev–Trinajstić information content (AvgIpc) is 2.32. The number of hydrogen-bond acceptors (Lipinski definition) is 3. The highest BCUT2D eigenvalue weighted by Crippen LogP contribution is 2.24. The SMILES string of the molecule is C[C@@H](C#N)N(C)CC(=O)Nc1ccc(Cl)c(Cl)c1. The standard InChI is InChI=1S/C12H13Cl2N3O/c1-8(6-15)17(2)7-12(18)16-9-3-4-10(13)11(14)5-9/h3-5,8H,7H2,1-2H3,(H,16,18)/t8-/m0/s1. The maximum atomic E-state index is 11.7. The zero-order valence-corrected chi connectivity index (χ0v) is 11.6. The van der Waals surface area contributed by atoms with E-state index in [2.05, 4.69) is 11.4 Å². The van der Waals surface area contributed by atoms with Crippen molar-refractivity contribution in [2.24, 2.45) is 0 Å². The largest absolute Gasteiger partial charge is 0.325 e. The Labute approximate surface area is 116 Å². The molecule has 6 heteroatoms. The van der Waals surface area contributed by atoms with E-state index in [0.717, 1.165) is 0 Å². The van der Waals surface area contributed by atoms with E-state index in [-0.39, 0.29) is 18.5 Å². The lowest BCUT2D eigenvalue weighted by atomic mass is 10.3. The van der Waals surface area contributed by atoms with E-state index in [4.69, 9.17) is 28.5 Å². The van der Waals surface area contributed by atoms with Crippen LogP contribution in [0.4, 0.5) is 5.69 Å². The molecule has 0 saturated heterocycles. The van der Waals surface area contributed by atoms with Gasteiger partial charge in [-0.1, -0.05) is 23.2 Å². The summed E-state index contributed by atoms with van der Waals surface area (Å²) in [6.07, 6.45) is 0. The first-order valence-corrected chi connectivity index (χ1v) is 6.04. The number of hydrogen-bond donors (Lipinski definition) is 1. The van der Waals surface area contributed by atoms with E-state index in [1.807, 2.05) is 0 Å². The molecular formula is C12H13Cl2N3O. The van der Waals surface area contributed by atoms with Gasteiger partial charge in [-0.15, -0.1) is 0 Å². The lowest BCUT2D eigenvalue weighted by molar-refractivity contribution is -0.117. The maximum absolute atomic E-state index is 11.7. The first-order chi connectivity index (χ1) is 8.43. The fourth-order valence-electron chi connectivity index (χ4n) is 1.24. The quantitative estimate of drug-likeness (QED) is 0.926. The van der Waals surface area contributed by atoms with E-state index >= 15 is 0 Å². The second-order valence-corrected chi connectivity index (χ2v) is 4.71. The van der Waals surface area contributed by atoms with Gasteiger partial charge in [-0.05, 0) is 32.2 Å². The normalized spacial score (nSPS) is 12.0. The van der Waals surface area contributed by atoms with Gasteiger partial charge in [0.1, 0.15) is 0 Å². The fourth-order valence-corrected chi connectivity index (χ4v) is 1.53. The number of anilines is 1. The van der Waals surface area contributed by atoms with E-state index in [1.54, 1.807) is 37.1 Å². The Bertz CT molecular complexity index is 485. The highest BCUT2D eigenvalue weighted by atomic mass is 35.5. The van der Waals surface area contributed by atoms with Crippen molar-refractivity contribution in [1.29, 1.82) is 5.26 Å². The summed E-state index contributed by atoms with van der Waals surface area (Å²) in [5.74, 6) is -0.210. The van der Waals surface area contributed by atoms with Gasteiger partial charge in [0.25, 0.3) is 0 Å². The number of nitrogens with zero attached hydrogens (tertiary/aromatic N) is 2. The Morgan fingerprint density at radius 1 is 1.50 bits per heavy atom. The molecule has 0 radical (unpaired) electrons. The van der Waals surface area contributed by atoms with Crippen LogP contribution in [0.15, 0.2) is 18.2 Å². The predicted molar refractivity (Wildman–Crippen MR) is 72.8 cm³/mol. The van der Waals surface area contributed by atoms with Crippen molar-refractivity contribution in [3.8, 4) is 6.07 Å². The number of carbonyl (C=O) groups is 1. The maximum Gasteiger partial charge on any atom is 0.238 e. The summed E-state index contributed by atoms with van der Waals surface area (Å²) in [5, 5.41) is 12.2. The Hall–Kier alpha value is -1.28. The third-order valence-corrected chi connectivity index (χ3v) is 3.18. The summed E-state index contributed by atoms with van der Waals surface area (Å²) < 4.78 is 0. The Balaban J connectivity index is 2.60. The van der Waals surface area contributed by atoms with Crippen molar-refractivity contribution in [2.45, 2.75) is 13.0 Å². The number of benzene rings is 1. The van der Waals surface area contributed by atoms with Crippen LogP contribution >= 0.6 is 23.2 Å². The Kier molecular flexibility index (Phi) is 5.42. The highest BCUT2D eigenvalue weighted by Gasteiger charge is 2.12. The molecule has 1 aromatic rings. The number of amides is 1. The van der Waals surface area contributed by atoms with Crippen LogP contribution in [0.1, 0.15) is 6.92 Å². The fraction of sp³-hybridized carbons (Fsp3) is 0.333. The smallest absolute Gasteiger partial charge is 0.238 e. The lowest BCUT2D eigenvalue weighted by Crippen LogP contribution is -2.35. The molecule has 0 bridgehead atoms. The molecule has 96 valence electrons. The molecular weight excluding hydrogens is 273 g/mol. The first-order valence-electron chi connectivity index (χ1n) is 5.28. The highest BCUT2D eigenvalue weighted by molar-refractivity contribution is 6.42. The van der Waals surface area contributed by atoms with E-state index < -0.39 is 0 Å². The van der Waals surface area contributed by atoms with Crippen molar-refractivity contribution >= 4 is 34.8 Å². The minimum absolute atomic E-state index is 0.134. The molecule has 1 amide bonds. The number of carbonyl (C=O) groups excluding carboxylic acids is 1. The second-order valence-electron chi connectivity index (χ2n) is 3.90. The first kappa shape index (κ1) is 14.8. The molecule has 0 saturated carbocycles. The summed E-state index contributed by atoms with van der Waals surface area (Å²) in [5.41, 5.74) is 0.576. The molecule has 0 aromatic heterocycles. The van der Waals surface area contributed by atoms with E-state index in [1.165, 1.54) is 0 Å². The zero-order valence-electron chi connectivity index (χ0n) is 10.1. The van der Waals surface area contributed by atoms with Crippen molar-refractivity contribution in [3.05, 3.63) is 28.2 Å². The summed E-state index contributed by atoms with van der Waals surface area (Å²) in [7, 11) is 1.71. The van der Waals surface area contributed by atoms with Gasteiger partial charge in [-0.2, -0.15) is 5.26 Å². The van der Waals surface area contributed by atoms with Crippen LogP contribution in [-0.4, -0.2) is 30.4 Å². The Morgan fingerprint density at radius 2 is 2.17 bits per heavy atom. The van der Waals surface area contributed by atoms with Crippen LogP contribution in [0.2, 0.25) is 10.0 Å². The Morgan fingerprint density at radius 3 is 2.72 bits per heavy atom. The summed E-state index contributed by atoms with van der Waals surface area (Å²) in [6.45, 7) is 1.86. The molecule has 1 aromatic carbocycles. The number of nitriles is 1. The number of rotatable bonds is 4. The van der Waals surface area contributed by atoms with Crippen LogP contribution in [0.5, 0.6) is 0 Å². The summed E-state index contributed by atoms with van der Waals surface area (Å²) in [4.78, 5) is 13.3. The van der Waals surface area contributed by atoms with Gasteiger partial charge < -0.3 is 5.32 Å². The topological polar surface area (TPSA) is 56.1 Å². The monoisotopic (exact) mass is 285 g/mol. The molecule has 0 aliphatic heterocycles. The van der Waals surface area contributed by atoms with Crippen molar-refractivity contribution in [3.63, 3.8) is 0 Å². The van der Waals surface area contributed by atoms with Gasteiger partial charge >= 0.3 is 0 Å². The van der Waals surface area contributed by atoms with Gasteiger partial charge in [0.15, 0.2) is 0 Å². The van der Waals surface area contributed by atoms with Crippen LogP contribution in [-0.2, 0) is 4.79 Å². The van der Waals surface area contributed by atoms with Crippen molar-refractivity contribution in [1.82, 2.24) is 4.90 Å². The minimum Gasteiger partial charge on any atom is -0.325 e. The lowest BCUT2D eigenvalue weighted by Gasteiger charge is -2.18. The number of halogens is 2. The third-order valence-electron chi connectivity index (χ3n) is 2.44. The molecule has 1 atom stereocenters. The number of nitrogens with one attached hydrogen (secondary N) is 1. The molecule has 1 N–H and O–H groups in total. The summed E-state index contributed by atoms with van der Waals surface area (Å²) >= 11 is 11.6. The van der Waals surface area contributed by atoms with Gasteiger partial charge in [0.05, 0.1) is 28.7 Å². The van der Waals surface area contributed by atoms with Crippen LogP contribution in [0.3, 0.4) is 0 Å². The third kappa shape index (κ3) is 4.19. The molecule has 0 spiro atoms. The molecule has 18 heavy (non-hydrogen) atoms. The molecule has 1 rings (SSSR count). The van der Waals surface area contributed by atoms with Crippen molar-refractivity contribution in [2.75, 3.05) is 18.9 Å². The van der Waals surface area contributed by atoms with E-state index in [0.29, 0.717) is 15.7 Å². The van der Waals surface area contributed by atoms with Crippen LogP contribution < -0.4 is 5.32 Å². The van der Waals surface area contributed by atoms with Gasteiger partial charge in [0.2, 0.25) is 5.91 Å². The van der Waals surface area contributed by atoms with Gasteiger partial charge in [-0.25, -0.2) is 0 Å². The molecule has 4 nitrogen and oxygen atoms in total. The van der Waals surface area contributed by atoms with Crippen molar-refractivity contribution < 1.29 is 4.79 Å². The number of likely N-dealkylation sites (N-methyl/N-ethyl adjacent to an activating group) is 1. The molecule has 0 heterocycles. The van der Waals surface area contributed by atoms with Crippen LogP contribution in [0.25, 0.3) is 0 Å². The molecule has 0 aliphatic carbocycles. The minimum atomic E-state index is -0.315. The predicted octanol–water partition coefficient (Wildman–Crippen LogP) is 2.78. The summed E-state index contributed by atoms with van der Waals surface area (Å²) in [6, 6.07) is 6.60. The average molecular weight is 286 g/mol. The van der Waals surface area contributed by atoms with Crippen LogP contribution in [0, 0.1) is 11.3 Å². The van der Waals surface area contributed by atoms with Gasteiger partial charge in [-0.3, -0.25) is 9.69 Å². The molecule has 0 aliphatic rings. The molecule has 0 fully saturated rings. The van der Waals surface area contributed by atoms with E-state index in [9.17, 15) is 4.79 Å².